The molecule has 2 aromatic carbocycles. The number of halogens is 1. The highest BCUT2D eigenvalue weighted by atomic mass is 127. The van der Waals surface area contributed by atoms with E-state index in [1.165, 1.54) is 18.2 Å². The average Bonchev–Trinajstić information content (AvgIpc) is 1.43. The lowest BCUT2D eigenvalue weighted by atomic mass is 9.92. The van der Waals surface area contributed by atoms with Gasteiger partial charge in [-0.3, -0.25) is 38.8 Å². The van der Waals surface area contributed by atoms with Crippen LogP contribution in [0.4, 0.5) is 0 Å². The van der Waals surface area contributed by atoms with Gasteiger partial charge in [-0.15, -0.1) is 0 Å². The molecule has 0 aromatic heterocycles. The van der Waals surface area contributed by atoms with Gasteiger partial charge in [-0.2, -0.15) is 0 Å². The molecule has 8 rings (SSSR count). The molecule has 2 aromatic rings. The Labute approximate surface area is 536 Å². The molecular weight excluding hydrogens is 1340 g/mol. The number of aliphatic imine (C=N–C) groups is 2. The van der Waals surface area contributed by atoms with Crippen LogP contribution in [0.15, 0.2) is 58.5 Å². The third-order valence-corrected chi connectivity index (χ3v) is 17.4. The Bertz CT molecular complexity index is 2980. The summed E-state index contributed by atoms with van der Waals surface area (Å²) in [4.78, 5) is 96.3. The molecule has 0 saturated carbocycles. The fourth-order valence-electron chi connectivity index (χ4n) is 11.3. The predicted molar refractivity (Wildman–Crippen MR) is 316 cm³/mol. The van der Waals surface area contributed by atoms with Crippen LogP contribution in [0.5, 0.6) is 5.75 Å². The zero-order valence-electron chi connectivity index (χ0n) is 48.8. The molecule has 6 aliphatic heterocycles. The molecule has 92 heavy (non-hydrogen) atoms. The van der Waals surface area contributed by atoms with Gasteiger partial charge in [-0.25, -0.2) is 0 Å². The molecule has 25 atom stereocenters. The standard InChI is InChI=1S/C54H77IN12O25/c1-18(20-5-3-2-4-6-20)31-47(85)61-22(10-19-7-8-26(21(55)9-19)89-51-43(82)40(79)44(29(17-71)91-51)92-52-42(81)39(78)37(76)28(16-70)90-52)46(84)65-32(34(73)23-11-59-53(56)63-23)49(87)66-33(48(86)62-24(14-68)45(83)58-13-30(72)64-31)35(74)25-12-60-54(57)67(25)50-41(80)38(77)36(75)27(15-69)88-50/h2-9,18,22-25,27-29,31-44,50-52,68-71,73-82H,10-17H2,1H3,(H2,57,60)(H,58,83)(H,61,85)(H,62,86)(H,64,72)(H,65,84)(H,66,87)(H3,56,59,63)/t18?,22-,23?,24+,25?,27-,28-,29-,31+,32+,33-,34?,35?,36-,37-,38+,39+,40-,41+,42+,43+,44-,50+,51+,52-/m1/s1. The first kappa shape index (κ1) is 71.5. The SMILES string of the molecule is CC(c1ccccc1)[C@@H]1NC(=O)CNC(=O)[C@H](CO)NC(=O)[C@@H](C(O)C2CN=C(N)N2[C@H]2O[C@H](CO)[C@@H](O)[C@H](O)[C@@H]2O)NC(=O)[C@H](C(O)C2CN=C(N)N2)NC(=O)[C@@H](Cc2ccc(O[C@H]3O[C@H](CO)[C@@H](O[C@H]4O[C@H](CO)[C@@H](O)[C@H](O)[C@@H]4O)[C@H](O)[C@@H]3O)c(I)c2)NC1=O. The minimum atomic E-state index is -2.35. The Morgan fingerprint density at radius 1 is 0.609 bits per heavy atom. The summed E-state index contributed by atoms with van der Waals surface area (Å²) in [6.45, 7) is -3.98. The summed E-state index contributed by atoms with van der Waals surface area (Å²) < 4.78 is 28.7. The maximum Gasteiger partial charge on any atom is 0.246 e. The lowest BCUT2D eigenvalue weighted by Crippen LogP contribution is -2.70. The van der Waals surface area contributed by atoms with Crippen LogP contribution in [0.3, 0.4) is 0 Å². The molecule has 38 heteroatoms. The third kappa shape index (κ3) is 15.9. The lowest BCUT2D eigenvalue weighted by molar-refractivity contribution is -0.352. The number of nitrogens with two attached hydrogens (primary N) is 2. The second-order valence-electron chi connectivity index (χ2n) is 22.7. The van der Waals surface area contributed by atoms with Crippen molar-refractivity contribution >= 4 is 70.0 Å². The minimum Gasteiger partial charge on any atom is -0.461 e. The third-order valence-electron chi connectivity index (χ3n) is 16.6. The summed E-state index contributed by atoms with van der Waals surface area (Å²) in [6.07, 6.45) is -31.8. The maximum absolute atomic E-state index is 15.2. The first-order chi connectivity index (χ1) is 43.7. The van der Waals surface area contributed by atoms with Crippen LogP contribution < -0.4 is 53.4 Å². The first-order valence-corrected chi connectivity index (χ1v) is 30.1. The van der Waals surface area contributed by atoms with Gasteiger partial charge in [0, 0.05) is 12.3 Å². The Balaban J connectivity index is 1.12. The Kier molecular flexibility index (Phi) is 24.3. The summed E-state index contributed by atoms with van der Waals surface area (Å²) in [5.74, 6) is -8.98. The number of aliphatic hydroxyl groups is 14. The van der Waals surface area contributed by atoms with E-state index in [-0.39, 0.29) is 27.4 Å². The second-order valence-corrected chi connectivity index (χ2v) is 23.8. The van der Waals surface area contributed by atoms with Crippen LogP contribution in [0.2, 0.25) is 0 Å². The fourth-order valence-corrected chi connectivity index (χ4v) is 12.0. The van der Waals surface area contributed by atoms with Crippen molar-refractivity contribution in [2.45, 2.75) is 166 Å². The molecule has 37 nitrogen and oxygen atoms in total. The van der Waals surface area contributed by atoms with Crippen LogP contribution in [-0.2, 0) is 54.1 Å². The average molecular weight is 1420 g/mol. The molecule has 5 unspecified atom stereocenters. The van der Waals surface area contributed by atoms with Crippen LogP contribution >= 0.6 is 22.6 Å². The van der Waals surface area contributed by atoms with Gasteiger partial charge in [0.15, 0.2) is 24.4 Å². The molecule has 0 spiro atoms. The fraction of sp³-hybridized carbons (Fsp3) is 0.630. The van der Waals surface area contributed by atoms with Gasteiger partial charge >= 0.3 is 0 Å². The molecule has 6 amide bonds. The zero-order valence-corrected chi connectivity index (χ0v) is 51.0. The number of benzene rings is 2. The van der Waals surface area contributed by atoms with Crippen molar-refractivity contribution in [3.63, 3.8) is 0 Å². The molecule has 6 heterocycles. The molecule has 4 fully saturated rings. The van der Waals surface area contributed by atoms with Crippen molar-refractivity contribution in [3.05, 3.63) is 63.2 Å². The van der Waals surface area contributed by atoms with E-state index in [2.05, 4.69) is 47.2 Å². The highest BCUT2D eigenvalue weighted by Gasteiger charge is 2.54. The van der Waals surface area contributed by atoms with Crippen LogP contribution in [0.25, 0.3) is 0 Å². The smallest absolute Gasteiger partial charge is 0.246 e. The largest absolute Gasteiger partial charge is 0.461 e. The molecule has 0 radical (unpaired) electrons. The van der Waals surface area contributed by atoms with Crippen LogP contribution in [0.1, 0.15) is 24.0 Å². The minimum absolute atomic E-state index is 0.0417. The van der Waals surface area contributed by atoms with E-state index in [1.807, 2.05) is 0 Å². The number of hydrogen-bond donors (Lipinski definition) is 23. The molecule has 6 aliphatic rings. The zero-order chi connectivity index (χ0) is 67.2. The molecule has 0 aliphatic carbocycles. The maximum atomic E-state index is 15.2. The van der Waals surface area contributed by atoms with E-state index in [0.717, 1.165) is 4.90 Å². The van der Waals surface area contributed by atoms with Crippen molar-refractivity contribution in [3.8, 4) is 5.75 Å². The molecule has 0 bridgehead atoms. The molecule has 25 N–H and O–H groups in total. The van der Waals surface area contributed by atoms with Crippen molar-refractivity contribution in [1.82, 2.24) is 42.1 Å². The molecule has 4 saturated heterocycles. The number of carbonyl (C=O) groups is 6. The number of carbonyl (C=O) groups excluding carboxylic acids is 6. The summed E-state index contributed by atoms with van der Waals surface area (Å²) in [5.41, 5.74) is 12.8. The summed E-state index contributed by atoms with van der Waals surface area (Å²) >= 11 is 1.80. The van der Waals surface area contributed by atoms with Gasteiger partial charge in [0.05, 0.1) is 61.7 Å². The number of hydrogen-bond acceptors (Lipinski definition) is 31. The van der Waals surface area contributed by atoms with E-state index in [9.17, 15) is 90.7 Å². The second kappa shape index (κ2) is 31.2. The summed E-state index contributed by atoms with van der Waals surface area (Å²) in [7, 11) is 0. The van der Waals surface area contributed by atoms with E-state index < -0.39 is 240 Å². The van der Waals surface area contributed by atoms with Gasteiger partial charge in [0.2, 0.25) is 41.7 Å². The molecule has 510 valence electrons. The van der Waals surface area contributed by atoms with Crippen LogP contribution in [0, 0.1) is 3.57 Å². The highest BCUT2D eigenvalue weighted by Crippen LogP contribution is 2.34. The van der Waals surface area contributed by atoms with Gasteiger partial charge in [0.25, 0.3) is 0 Å². The van der Waals surface area contributed by atoms with Gasteiger partial charge in [0.1, 0.15) is 121 Å². The Morgan fingerprint density at radius 3 is 1.83 bits per heavy atom. The van der Waals surface area contributed by atoms with Crippen molar-refractivity contribution in [1.29, 1.82) is 0 Å². The quantitative estimate of drug-likeness (QED) is 0.0654. The number of ether oxygens (including phenoxy) is 5. The van der Waals surface area contributed by atoms with Gasteiger partial charge < -0.3 is 149 Å². The number of amides is 6. The number of nitrogens with one attached hydrogen (secondary N) is 7. The molecular formula is C54H77IN12O25. The van der Waals surface area contributed by atoms with Gasteiger partial charge in [-0.05, 0) is 45.9 Å². The van der Waals surface area contributed by atoms with E-state index in [0.29, 0.717) is 5.56 Å². The topological polar surface area (TPSA) is 596 Å². The number of nitrogens with zero attached hydrogens (tertiary/aromatic N) is 3. The van der Waals surface area contributed by atoms with E-state index in [1.54, 1.807) is 59.8 Å². The lowest BCUT2D eigenvalue weighted by Gasteiger charge is -2.46. The summed E-state index contributed by atoms with van der Waals surface area (Å²) in [6, 6.07) is -0.397. The van der Waals surface area contributed by atoms with Crippen molar-refractivity contribution in [2.24, 2.45) is 21.5 Å². The van der Waals surface area contributed by atoms with Crippen LogP contribution in [-0.4, -0.2) is 316 Å². The van der Waals surface area contributed by atoms with Crippen molar-refractivity contribution in [2.75, 3.05) is 46.1 Å². The summed E-state index contributed by atoms with van der Waals surface area (Å²) in [5, 5.41) is 168. The van der Waals surface area contributed by atoms with Gasteiger partial charge in [-0.1, -0.05) is 43.3 Å². The predicted octanol–water partition coefficient (Wildman–Crippen LogP) is -13.0. The van der Waals surface area contributed by atoms with E-state index in [4.69, 9.17) is 35.2 Å². The normalized spacial score (nSPS) is 37.3. The Morgan fingerprint density at radius 2 is 1.20 bits per heavy atom. The van der Waals surface area contributed by atoms with Crippen molar-refractivity contribution < 1.29 is 124 Å². The monoisotopic (exact) mass is 1420 g/mol. The number of rotatable bonds is 17. The first-order valence-electron chi connectivity index (χ1n) is 29.0. The number of guanidine groups is 2. The highest BCUT2D eigenvalue weighted by molar-refractivity contribution is 14.1. The number of aliphatic hydroxyl groups excluding tert-OH is 14. The van der Waals surface area contributed by atoms with E-state index >= 15 is 9.59 Å². The Hall–Kier alpha value is -6.39.